The first-order valence-corrected chi connectivity index (χ1v) is 5.41. The third kappa shape index (κ3) is 3.01. The Hall–Kier alpha value is -2.01. The number of benzene rings is 1. The number of aromatic nitrogens is 2. The van der Waals surface area contributed by atoms with Crippen LogP contribution in [0.1, 0.15) is 16.2 Å². The maximum Gasteiger partial charge on any atom is 0.166 e. The summed E-state index contributed by atoms with van der Waals surface area (Å²) in [7, 11) is 0. The van der Waals surface area contributed by atoms with Gasteiger partial charge in [-0.25, -0.2) is 14.4 Å². The zero-order chi connectivity index (χ0) is 13.0. The van der Waals surface area contributed by atoms with Gasteiger partial charge < -0.3 is 4.74 Å². The third-order valence-electron chi connectivity index (χ3n) is 2.11. The van der Waals surface area contributed by atoms with E-state index in [1.54, 1.807) is 0 Å². The highest BCUT2D eigenvalue weighted by molar-refractivity contribution is 6.32. The molecule has 1 heterocycles. The zero-order valence-electron chi connectivity index (χ0n) is 9.14. The van der Waals surface area contributed by atoms with Crippen molar-refractivity contribution in [2.24, 2.45) is 0 Å². The van der Waals surface area contributed by atoms with Gasteiger partial charge in [-0.05, 0) is 18.2 Å². The molecule has 0 atom stereocenters. The number of nitrogens with zero attached hydrogens (tertiary/aromatic N) is 2. The Labute approximate surface area is 107 Å². The van der Waals surface area contributed by atoms with Gasteiger partial charge in [-0.2, -0.15) is 0 Å². The quantitative estimate of drug-likeness (QED) is 0.799. The third-order valence-corrected chi connectivity index (χ3v) is 2.41. The molecule has 0 aliphatic rings. The molecule has 0 saturated carbocycles. The Morgan fingerprint density at radius 3 is 2.67 bits per heavy atom. The maximum atomic E-state index is 12.8. The van der Waals surface area contributed by atoms with Crippen LogP contribution in [0.2, 0.25) is 5.02 Å². The second-order valence-corrected chi connectivity index (χ2v) is 3.82. The van der Waals surface area contributed by atoms with E-state index in [1.165, 1.54) is 24.5 Å². The summed E-state index contributed by atoms with van der Waals surface area (Å²) in [6.07, 6.45) is 3.44. The minimum absolute atomic E-state index is 0.0878. The van der Waals surface area contributed by atoms with Crippen molar-refractivity contribution in [2.75, 3.05) is 0 Å². The van der Waals surface area contributed by atoms with Crippen LogP contribution in [0.5, 0.6) is 5.75 Å². The van der Waals surface area contributed by atoms with Gasteiger partial charge in [0, 0.05) is 12.4 Å². The van der Waals surface area contributed by atoms with E-state index in [9.17, 15) is 9.18 Å². The molecule has 0 amide bonds. The first-order chi connectivity index (χ1) is 8.69. The Kier molecular flexibility index (Phi) is 3.84. The van der Waals surface area contributed by atoms with Gasteiger partial charge in [0.25, 0.3) is 0 Å². The number of ether oxygens (including phenoxy) is 1. The molecule has 0 unspecified atom stereocenters. The Morgan fingerprint density at radius 1 is 1.33 bits per heavy atom. The molecule has 0 saturated heterocycles. The average molecular weight is 267 g/mol. The molecule has 0 spiro atoms. The van der Waals surface area contributed by atoms with E-state index in [1.807, 2.05) is 0 Å². The number of carbonyl (C=O) groups excluding carboxylic acids is 1. The lowest BCUT2D eigenvalue weighted by Crippen LogP contribution is -2.02. The molecule has 2 aromatic rings. The van der Waals surface area contributed by atoms with Gasteiger partial charge in [-0.1, -0.05) is 11.6 Å². The first-order valence-electron chi connectivity index (χ1n) is 5.03. The maximum absolute atomic E-state index is 12.8. The van der Waals surface area contributed by atoms with Crippen LogP contribution >= 0.6 is 11.6 Å². The molecule has 0 aliphatic heterocycles. The van der Waals surface area contributed by atoms with Crippen molar-refractivity contribution in [3.05, 3.63) is 52.8 Å². The van der Waals surface area contributed by atoms with Crippen LogP contribution in [0.4, 0.5) is 4.39 Å². The fourth-order valence-electron chi connectivity index (χ4n) is 1.23. The van der Waals surface area contributed by atoms with Gasteiger partial charge in [0.15, 0.2) is 12.1 Å². The van der Waals surface area contributed by atoms with Crippen molar-refractivity contribution in [3.63, 3.8) is 0 Å². The van der Waals surface area contributed by atoms with Crippen LogP contribution in [0.3, 0.4) is 0 Å². The number of hydrogen-bond acceptors (Lipinski definition) is 4. The first kappa shape index (κ1) is 12.4. The predicted molar refractivity (Wildman–Crippen MR) is 63.2 cm³/mol. The van der Waals surface area contributed by atoms with Crippen molar-refractivity contribution < 1.29 is 13.9 Å². The van der Waals surface area contributed by atoms with E-state index < -0.39 is 5.82 Å². The SMILES string of the molecule is O=Cc1cnc(COc2ccc(F)cc2Cl)nc1. The van der Waals surface area contributed by atoms with Gasteiger partial charge in [-0.3, -0.25) is 4.79 Å². The predicted octanol–water partition coefficient (Wildman–Crippen LogP) is 2.66. The van der Waals surface area contributed by atoms with Crippen LogP contribution in [-0.2, 0) is 6.61 Å². The highest BCUT2D eigenvalue weighted by atomic mass is 35.5. The monoisotopic (exact) mass is 266 g/mol. The van der Waals surface area contributed by atoms with Gasteiger partial charge in [0.1, 0.15) is 18.2 Å². The standard InChI is InChI=1S/C12H8ClFN2O2/c13-10-3-9(14)1-2-11(10)18-7-12-15-4-8(6-17)5-16-12/h1-6H,7H2. The van der Waals surface area contributed by atoms with E-state index in [2.05, 4.69) is 9.97 Å². The lowest BCUT2D eigenvalue weighted by Gasteiger charge is -2.06. The van der Waals surface area contributed by atoms with Crippen molar-refractivity contribution in [1.82, 2.24) is 9.97 Å². The summed E-state index contributed by atoms with van der Waals surface area (Å²) in [6, 6.07) is 3.84. The largest absolute Gasteiger partial charge is 0.484 e. The summed E-state index contributed by atoms with van der Waals surface area (Å²) in [5.74, 6) is 0.320. The van der Waals surface area contributed by atoms with Gasteiger partial charge in [-0.15, -0.1) is 0 Å². The summed E-state index contributed by atoms with van der Waals surface area (Å²) < 4.78 is 18.1. The molecular weight excluding hydrogens is 259 g/mol. The summed E-state index contributed by atoms with van der Waals surface area (Å²) >= 11 is 5.79. The molecule has 4 nitrogen and oxygen atoms in total. The molecule has 2 rings (SSSR count). The summed E-state index contributed by atoms with van der Waals surface area (Å²) in [6.45, 7) is 0.0878. The van der Waals surface area contributed by atoms with Gasteiger partial charge in [0.2, 0.25) is 0 Å². The molecule has 0 N–H and O–H groups in total. The molecule has 1 aromatic heterocycles. The van der Waals surface area contributed by atoms with Crippen LogP contribution in [0.25, 0.3) is 0 Å². The number of aldehydes is 1. The lowest BCUT2D eigenvalue weighted by molar-refractivity contribution is 0.112. The Bertz CT molecular complexity index is 561. The van der Waals surface area contributed by atoms with Crippen LogP contribution in [0, 0.1) is 5.82 Å². The smallest absolute Gasteiger partial charge is 0.166 e. The minimum Gasteiger partial charge on any atom is -0.484 e. The molecule has 0 fully saturated rings. The Balaban J connectivity index is 2.04. The molecule has 0 radical (unpaired) electrons. The zero-order valence-corrected chi connectivity index (χ0v) is 9.89. The van der Waals surface area contributed by atoms with Crippen molar-refractivity contribution >= 4 is 17.9 Å². The van der Waals surface area contributed by atoms with E-state index in [-0.39, 0.29) is 11.6 Å². The molecule has 92 valence electrons. The fourth-order valence-corrected chi connectivity index (χ4v) is 1.46. The highest BCUT2D eigenvalue weighted by Crippen LogP contribution is 2.25. The normalized spacial score (nSPS) is 10.1. The number of hydrogen-bond donors (Lipinski definition) is 0. The average Bonchev–Trinajstić information content (AvgIpc) is 2.38. The lowest BCUT2D eigenvalue weighted by atomic mass is 10.3. The van der Waals surface area contributed by atoms with E-state index in [0.29, 0.717) is 23.4 Å². The van der Waals surface area contributed by atoms with Crippen molar-refractivity contribution in [1.29, 1.82) is 0 Å². The second-order valence-electron chi connectivity index (χ2n) is 3.41. The highest BCUT2D eigenvalue weighted by Gasteiger charge is 2.04. The molecule has 6 heteroatoms. The van der Waals surface area contributed by atoms with Gasteiger partial charge >= 0.3 is 0 Å². The number of rotatable bonds is 4. The van der Waals surface area contributed by atoms with Crippen LogP contribution in [0.15, 0.2) is 30.6 Å². The van der Waals surface area contributed by atoms with Crippen molar-refractivity contribution in [3.8, 4) is 5.75 Å². The summed E-state index contributed by atoms with van der Waals surface area (Å²) in [5.41, 5.74) is 0.388. The molecule has 1 aromatic carbocycles. The summed E-state index contributed by atoms with van der Waals surface area (Å²) in [5, 5.41) is 0.180. The fraction of sp³-hybridized carbons (Fsp3) is 0.0833. The van der Waals surface area contributed by atoms with E-state index in [4.69, 9.17) is 16.3 Å². The second kappa shape index (κ2) is 5.55. The Morgan fingerprint density at radius 2 is 2.06 bits per heavy atom. The van der Waals surface area contributed by atoms with E-state index in [0.717, 1.165) is 6.07 Å². The molecule has 0 aliphatic carbocycles. The van der Waals surface area contributed by atoms with Crippen LogP contribution < -0.4 is 4.74 Å². The molecule has 18 heavy (non-hydrogen) atoms. The minimum atomic E-state index is -0.432. The number of halogens is 2. The van der Waals surface area contributed by atoms with E-state index >= 15 is 0 Å². The van der Waals surface area contributed by atoms with Crippen LogP contribution in [-0.4, -0.2) is 16.3 Å². The van der Waals surface area contributed by atoms with Crippen molar-refractivity contribution in [2.45, 2.75) is 6.61 Å². The topological polar surface area (TPSA) is 52.1 Å². The molecule has 0 bridgehead atoms. The van der Waals surface area contributed by atoms with Gasteiger partial charge in [0.05, 0.1) is 10.6 Å². The molecular formula is C12H8ClFN2O2. The summed E-state index contributed by atoms with van der Waals surface area (Å²) in [4.78, 5) is 18.3. The number of carbonyl (C=O) groups is 1.